The van der Waals surface area contributed by atoms with Gasteiger partial charge >= 0.3 is 0 Å². The Labute approximate surface area is 252 Å². The maximum absolute atomic E-state index is 13.7. The number of aliphatic hydroxyl groups is 6. The number of hydrogen-bond acceptors (Lipinski definition) is 16. The van der Waals surface area contributed by atoms with Crippen molar-refractivity contribution < 1.29 is 78.2 Å². The molecule has 1 aromatic heterocycles. The van der Waals surface area contributed by atoms with Crippen LogP contribution in [0, 0.1) is 0 Å². The molecule has 2 saturated heterocycles. The number of fused-ring (bicyclic) bond motifs is 1. The van der Waals surface area contributed by atoms with Crippen molar-refractivity contribution in [2.75, 3.05) is 13.6 Å². The Hall–Kier alpha value is -3.71. The van der Waals surface area contributed by atoms with Gasteiger partial charge in [-0.3, -0.25) is 4.79 Å². The molecule has 0 bridgehead atoms. The number of aromatic hydroxyl groups is 3. The van der Waals surface area contributed by atoms with E-state index in [0.29, 0.717) is 0 Å². The average molecular weight is 628 g/mol. The summed E-state index contributed by atoms with van der Waals surface area (Å²) in [6.45, 7) is 0.763. The third kappa shape index (κ3) is 5.74. The highest BCUT2D eigenvalue weighted by molar-refractivity contribution is 5.88. The highest BCUT2D eigenvalue weighted by Gasteiger charge is 2.47. The van der Waals surface area contributed by atoms with Crippen LogP contribution < -0.4 is 14.9 Å². The number of methoxy groups -OCH3 is 1. The number of phenolic OH excluding ortho intramolecular Hbond substituents is 3. The van der Waals surface area contributed by atoms with E-state index in [1.807, 2.05) is 0 Å². The Morgan fingerprint density at radius 2 is 1.55 bits per heavy atom. The van der Waals surface area contributed by atoms with Crippen LogP contribution in [0.25, 0.3) is 22.3 Å². The standard InChI is InChI=1S/C28H32O16/c1-9-18(32)21(35)23(37)27(41-9)40-8-16-19(33)22(36)24(38)28(43-16)44-26-20(34)17-13(31)6-11(29)7-15(17)42-25(26)10-3-4-12(30)14(5-10)39-2/h3-7,9,16,18-19,21-24,27-33,35-38H,8H2,1-2H3/t9-,16?,18-,19+,21?,22?,23-,24?,27+,28-/m0/s1/i2D3. The van der Waals surface area contributed by atoms with Crippen molar-refractivity contribution in [1.29, 1.82) is 0 Å². The predicted octanol–water partition coefficient (Wildman–Crippen LogP) is -1.38. The van der Waals surface area contributed by atoms with Crippen LogP contribution in [-0.2, 0) is 14.2 Å². The summed E-state index contributed by atoms with van der Waals surface area (Å²) in [6, 6.07) is 5.00. The van der Waals surface area contributed by atoms with E-state index in [9.17, 15) is 50.8 Å². The van der Waals surface area contributed by atoms with Gasteiger partial charge < -0.3 is 74.1 Å². The summed E-state index contributed by atoms with van der Waals surface area (Å²) in [5.41, 5.74) is -1.59. The minimum atomic E-state index is -3.00. The first-order valence-corrected chi connectivity index (χ1v) is 13.2. The quantitative estimate of drug-likeness (QED) is 0.146. The van der Waals surface area contributed by atoms with E-state index in [2.05, 4.69) is 0 Å². The molecule has 2 fully saturated rings. The van der Waals surface area contributed by atoms with Gasteiger partial charge in [-0.15, -0.1) is 0 Å². The molecule has 0 aliphatic carbocycles. The van der Waals surface area contributed by atoms with Crippen LogP contribution >= 0.6 is 0 Å². The van der Waals surface area contributed by atoms with Crippen molar-refractivity contribution in [3.8, 4) is 40.1 Å². The lowest BCUT2D eigenvalue weighted by Crippen LogP contribution is -2.61. The lowest BCUT2D eigenvalue weighted by molar-refractivity contribution is -0.318. The smallest absolute Gasteiger partial charge is 0.239 e. The Bertz CT molecular complexity index is 1660. The summed E-state index contributed by atoms with van der Waals surface area (Å²) in [4.78, 5) is 13.7. The van der Waals surface area contributed by atoms with Crippen LogP contribution in [0.4, 0.5) is 0 Å². The molecule has 44 heavy (non-hydrogen) atoms. The number of rotatable bonds is 7. The molecule has 0 spiro atoms. The monoisotopic (exact) mass is 627 g/mol. The first kappa shape index (κ1) is 27.8. The zero-order valence-electron chi connectivity index (χ0n) is 25.8. The van der Waals surface area contributed by atoms with E-state index in [1.54, 1.807) is 0 Å². The minimum absolute atomic E-state index is 0.136. The van der Waals surface area contributed by atoms with Crippen LogP contribution in [-0.4, -0.2) is 121 Å². The molecular weight excluding hydrogens is 592 g/mol. The fraction of sp³-hybridized carbons (Fsp3) is 0.464. The Morgan fingerprint density at radius 1 is 0.841 bits per heavy atom. The van der Waals surface area contributed by atoms with E-state index in [1.165, 1.54) is 13.0 Å². The first-order valence-electron chi connectivity index (χ1n) is 14.7. The van der Waals surface area contributed by atoms with Gasteiger partial charge in [0, 0.05) is 17.7 Å². The molecule has 10 atom stereocenters. The Morgan fingerprint density at radius 3 is 2.27 bits per heavy atom. The molecule has 0 radical (unpaired) electrons. The third-order valence-electron chi connectivity index (χ3n) is 7.39. The van der Waals surface area contributed by atoms with Gasteiger partial charge in [0.15, 0.2) is 23.5 Å². The van der Waals surface area contributed by atoms with Crippen LogP contribution in [0.2, 0.25) is 0 Å². The largest absolute Gasteiger partial charge is 0.508 e. The zero-order chi connectivity index (χ0) is 34.5. The van der Waals surface area contributed by atoms with Gasteiger partial charge in [0.2, 0.25) is 17.5 Å². The van der Waals surface area contributed by atoms with E-state index in [0.717, 1.165) is 24.3 Å². The molecule has 9 N–H and O–H groups in total. The van der Waals surface area contributed by atoms with E-state index in [-0.39, 0.29) is 11.1 Å². The van der Waals surface area contributed by atoms with Gasteiger partial charge in [-0.1, -0.05) is 0 Å². The van der Waals surface area contributed by atoms with Gasteiger partial charge in [-0.05, 0) is 25.1 Å². The van der Waals surface area contributed by atoms with Crippen molar-refractivity contribution in [2.24, 2.45) is 0 Å². The second kappa shape index (κ2) is 12.4. The summed E-state index contributed by atoms with van der Waals surface area (Å²) < 4.78 is 54.8. The van der Waals surface area contributed by atoms with Gasteiger partial charge in [-0.2, -0.15) is 0 Å². The molecule has 16 nitrogen and oxygen atoms in total. The number of phenols is 3. The fourth-order valence-electron chi connectivity index (χ4n) is 4.91. The molecule has 2 aliphatic rings. The number of hydrogen-bond donors (Lipinski definition) is 9. The topological polar surface area (TPSA) is 258 Å². The Balaban J connectivity index is 1.51. The summed E-state index contributed by atoms with van der Waals surface area (Å²) >= 11 is 0. The summed E-state index contributed by atoms with van der Waals surface area (Å²) in [6.07, 6.45) is -16.6. The van der Waals surface area contributed by atoms with Gasteiger partial charge in [0.25, 0.3) is 0 Å². The summed E-state index contributed by atoms with van der Waals surface area (Å²) in [7, 11) is -3.00. The van der Waals surface area contributed by atoms with Gasteiger partial charge in [0.1, 0.15) is 65.2 Å². The van der Waals surface area contributed by atoms with E-state index in [4.69, 9.17) is 32.2 Å². The fourth-order valence-corrected chi connectivity index (χ4v) is 4.91. The first-order chi connectivity index (χ1) is 22.0. The molecule has 0 amide bonds. The number of ether oxygens (including phenoxy) is 5. The lowest BCUT2D eigenvalue weighted by atomic mass is 9.98. The molecule has 2 aliphatic heterocycles. The highest BCUT2D eigenvalue weighted by Crippen LogP contribution is 2.39. The summed E-state index contributed by atoms with van der Waals surface area (Å²) in [5, 5.41) is 92.2. The van der Waals surface area contributed by atoms with Crippen LogP contribution in [0.3, 0.4) is 0 Å². The van der Waals surface area contributed by atoms with Gasteiger partial charge in [0.05, 0.1) is 23.9 Å². The van der Waals surface area contributed by atoms with Crippen molar-refractivity contribution in [3.05, 3.63) is 40.6 Å². The lowest BCUT2D eigenvalue weighted by Gasteiger charge is -2.42. The number of aliphatic hydroxyl groups excluding tert-OH is 6. The predicted molar refractivity (Wildman–Crippen MR) is 145 cm³/mol. The molecule has 5 rings (SSSR count). The van der Waals surface area contributed by atoms with Crippen molar-refractivity contribution in [2.45, 2.75) is 68.3 Å². The molecule has 3 aromatic rings. The minimum Gasteiger partial charge on any atom is -0.508 e. The van der Waals surface area contributed by atoms with Crippen LogP contribution in [0.1, 0.15) is 11.0 Å². The van der Waals surface area contributed by atoms with E-state index < -0.39 is 120 Å². The summed E-state index contributed by atoms with van der Waals surface area (Å²) in [5.74, 6) is -3.65. The Kier molecular flexibility index (Phi) is 7.81. The van der Waals surface area contributed by atoms with Crippen LogP contribution in [0.15, 0.2) is 39.5 Å². The number of benzene rings is 2. The zero-order valence-corrected chi connectivity index (χ0v) is 22.8. The molecule has 0 saturated carbocycles. The van der Waals surface area contributed by atoms with Crippen molar-refractivity contribution in [3.63, 3.8) is 0 Å². The molecule has 2 aromatic carbocycles. The third-order valence-corrected chi connectivity index (χ3v) is 7.39. The normalized spacial score (nSPS) is 33.8. The molecule has 240 valence electrons. The van der Waals surface area contributed by atoms with E-state index >= 15 is 0 Å². The van der Waals surface area contributed by atoms with Gasteiger partial charge in [-0.25, -0.2) is 0 Å². The molecule has 3 heterocycles. The maximum atomic E-state index is 13.7. The average Bonchev–Trinajstić information content (AvgIpc) is 2.99. The second-order valence-corrected chi connectivity index (χ2v) is 10.4. The van der Waals surface area contributed by atoms with Crippen LogP contribution in [0.5, 0.6) is 28.7 Å². The maximum Gasteiger partial charge on any atom is 0.239 e. The van der Waals surface area contributed by atoms with Crippen molar-refractivity contribution >= 4 is 11.0 Å². The molecule has 16 heteroatoms. The SMILES string of the molecule is [2H]C([2H])([2H])Oc1cc(-c2oc3cc(O)cc(O)c3c(=O)c2O[C@@H]2OC(CO[C@@H]3O[C@@H](C)[C@H](O)C(O)[C@@H]3O)[C@@H](O)C(O)C2O)ccc1O. The molecular formula is C28H32O16. The second-order valence-electron chi connectivity index (χ2n) is 10.4. The van der Waals surface area contributed by atoms with Crippen molar-refractivity contribution in [1.82, 2.24) is 0 Å². The highest BCUT2D eigenvalue weighted by atomic mass is 16.7. The molecule has 4 unspecified atom stereocenters.